The van der Waals surface area contributed by atoms with E-state index in [1.165, 1.54) is 22.0 Å². The van der Waals surface area contributed by atoms with Crippen molar-refractivity contribution in [2.45, 2.75) is 10.6 Å². The zero-order chi connectivity index (χ0) is 21.4. The predicted octanol–water partition coefficient (Wildman–Crippen LogP) is 2.18. The molecule has 3 rings (SSSR count). The maximum atomic E-state index is 13.0. The van der Waals surface area contributed by atoms with E-state index >= 15 is 0 Å². The molecule has 1 aliphatic heterocycles. The lowest BCUT2D eigenvalue weighted by Crippen LogP contribution is -2.50. The van der Waals surface area contributed by atoms with Gasteiger partial charge in [-0.1, -0.05) is 30.3 Å². The van der Waals surface area contributed by atoms with Crippen LogP contribution < -0.4 is 5.32 Å². The summed E-state index contributed by atoms with van der Waals surface area (Å²) >= 11 is 1.58. The third kappa shape index (κ3) is 6.53. The van der Waals surface area contributed by atoms with Crippen LogP contribution in [0.25, 0.3) is 0 Å². The highest BCUT2D eigenvalue weighted by molar-refractivity contribution is 7.99. The summed E-state index contributed by atoms with van der Waals surface area (Å²) in [7, 11) is -3.60. The van der Waals surface area contributed by atoms with Gasteiger partial charge < -0.3 is 5.32 Å². The van der Waals surface area contributed by atoms with Crippen molar-refractivity contribution in [3.05, 3.63) is 66.0 Å². The minimum atomic E-state index is -3.60. The molecule has 0 aliphatic carbocycles. The summed E-state index contributed by atoms with van der Waals surface area (Å²) in [6.45, 7) is 3.16. The molecular weight excluding hydrogens is 425 g/mol. The van der Waals surface area contributed by atoms with E-state index in [4.69, 9.17) is 0 Å². The van der Waals surface area contributed by atoms with Crippen LogP contribution in [0.1, 0.15) is 5.56 Å². The van der Waals surface area contributed by atoms with Gasteiger partial charge in [-0.15, -0.1) is 11.8 Å². The molecule has 1 N–H and O–H groups in total. The fraction of sp³-hybridized carbons (Fsp3) is 0.381. The summed E-state index contributed by atoms with van der Waals surface area (Å²) < 4.78 is 39.7. The van der Waals surface area contributed by atoms with Gasteiger partial charge in [-0.3, -0.25) is 9.69 Å². The molecule has 30 heavy (non-hydrogen) atoms. The molecule has 1 aliphatic rings. The zero-order valence-corrected chi connectivity index (χ0v) is 18.3. The zero-order valence-electron chi connectivity index (χ0n) is 16.7. The Kier molecular flexibility index (Phi) is 8.26. The second-order valence-corrected chi connectivity index (χ2v) is 9.95. The number of amides is 1. The first-order valence-electron chi connectivity index (χ1n) is 9.81. The first-order chi connectivity index (χ1) is 14.4. The molecule has 0 saturated carbocycles. The number of hydrogen-bond donors (Lipinski definition) is 1. The molecule has 0 atom stereocenters. The molecule has 1 amide bonds. The van der Waals surface area contributed by atoms with Gasteiger partial charge in [-0.25, -0.2) is 12.8 Å². The van der Waals surface area contributed by atoms with Gasteiger partial charge in [-0.2, -0.15) is 4.31 Å². The summed E-state index contributed by atoms with van der Waals surface area (Å²) in [5.74, 6) is 0.768. The number of halogens is 1. The highest BCUT2D eigenvalue weighted by Crippen LogP contribution is 2.18. The van der Waals surface area contributed by atoms with Crippen molar-refractivity contribution in [2.24, 2.45) is 0 Å². The molecule has 1 heterocycles. The molecule has 2 aromatic rings. The van der Waals surface area contributed by atoms with Gasteiger partial charge in [0.25, 0.3) is 0 Å². The lowest BCUT2D eigenvalue weighted by molar-refractivity contribution is -0.118. The lowest BCUT2D eigenvalue weighted by atomic mass is 10.2. The number of carbonyl (C=O) groups is 1. The van der Waals surface area contributed by atoms with E-state index < -0.39 is 15.8 Å². The quantitative estimate of drug-likeness (QED) is 0.633. The van der Waals surface area contributed by atoms with Crippen LogP contribution in [0.3, 0.4) is 0 Å². The molecule has 6 nitrogen and oxygen atoms in total. The topological polar surface area (TPSA) is 69.7 Å². The number of piperazine rings is 1. The fourth-order valence-electron chi connectivity index (χ4n) is 3.19. The minimum absolute atomic E-state index is 0.00783. The lowest BCUT2D eigenvalue weighted by Gasteiger charge is -2.33. The summed E-state index contributed by atoms with van der Waals surface area (Å²) in [4.78, 5) is 14.2. The first kappa shape index (κ1) is 22.7. The normalized spacial score (nSPS) is 15.8. The fourth-order valence-corrected chi connectivity index (χ4v) is 5.43. The Morgan fingerprint density at radius 3 is 2.33 bits per heavy atom. The van der Waals surface area contributed by atoms with Crippen molar-refractivity contribution in [2.75, 3.05) is 45.0 Å². The number of hydrogen-bond acceptors (Lipinski definition) is 5. The monoisotopic (exact) mass is 451 g/mol. The molecule has 162 valence electrons. The van der Waals surface area contributed by atoms with Gasteiger partial charge >= 0.3 is 0 Å². The van der Waals surface area contributed by atoms with Crippen LogP contribution in [0.4, 0.5) is 4.39 Å². The molecule has 1 saturated heterocycles. The maximum absolute atomic E-state index is 13.0. The van der Waals surface area contributed by atoms with Crippen LogP contribution in [-0.4, -0.2) is 68.6 Å². The van der Waals surface area contributed by atoms with Gasteiger partial charge in [0.05, 0.1) is 10.6 Å². The summed E-state index contributed by atoms with van der Waals surface area (Å²) in [6.07, 6.45) is 0. The Bertz CT molecular complexity index is 916. The average Bonchev–Trinajstić information content (AvgIpc) is 2.75. The van der Waals surface area contributed by atoms with E-state index in [1.54, 1.807) is 11.8 Å². The Labute approximate surface area is 181 Å². The molecule has 2 aromatic carbocycles. The minimum Gasteiger partial charge on any atom is -0.354 e. The number of sulfonamides is 1. The number of rotatable bonds is 9. The second-order valence-electron chi connectivity index (χ2n) is 7.03. The average molecular weight is 452 g/mol. The van der Waals surface area contributed by atoms with Gasteiger partial charge in [0.1, 0.15) is 5.82 Å². The standard InChI is InChI=1S/C21H26FN3O3S2/c22-19-6-8-20(9-7-19)30(27,28)25-14-12-24(13-15-25)11-10-23-21(26)17-29-16-18-4-2-1-3-5-18/h1-9H,10-17H2,(H,23,26). The molecule has 0 unspecified atom stereocenters. The van der Waals surface area contributed by atoms with Crippen molar-refractivity contribution < 1.29 is 17.6 Å². The Morgan fingerprint density at radius 2 is 1.67 bits per heavy atom. The molecule has 9 heteroatoms. The van der Waals surface area contributed by atoms with Crippen LogP contribution in [0.2, 0.25) is 0 Å². The number of thioether (sulfide) groups is 1. The Morgan fingerprint density at radius 1 is 1.00 bits per heavy atom. The van der Waals surface area contributed by atoms with Gasteiger partial charge in [0.15, 0.2) is 0 Å². The van der Waals surface area contributed by atoms with Crippen molar-refractivity contribution in [3.63, 3.8) is 0 Å². The van der Waals surface area contributed by atoms with Crippen molar-refractivity contribution in [1.29, 1.82) is 0 Å². The Hall–Kier alpha value is -1.94. The molecule has 0 spiro atoms. The number of carbonyl (C=O) groups excluding carboxylic acids is 1. The van der Waals surface area contributed by atoms with Crippen molar-refractivity contribution in [3.8, 4) is 0 Å². The SMILES string of the molecule is O=C(CSCc1ccccc1)NCCN1CCN(S(=O)(=O)c2ccc(F)cc2)CC1. The van der Waals surface area contributed by atoms with E-state index in [1.807, 2.05) is 30.3 Å². The molecule has 0 radical (unpaired) electrons. The smallest absolute Gasteiger partial charge is 0.243 e. The van der Waals surface area contributed by atoms with E-state index in [0.29, 0.717) is 45.0 Å². The third-order valence-corrected chi connectivity index (χ3v) is 7.79. The third-order valence-electron chi connectivity index (χ3n) is 4.88. The molecule has 0 aromatic heterocycles. The number of nitrogens with zero attached hydrogens (tertiary/aromatic N) is 2. The van der Waals surface area contributed by atoms with Crippen LogP contribution >= 0.6 is 11.8 Å². The van der Waals surface area contributed by atoms with Crippen LogP contribution in [0, 0.1) is 5.82 Å². The molecule has 0 bridgehead atoms. The molecule has 1 fully saturated rings. The predicted molar refractivity (Wildman–Crippen MR) is 117 cm³/mol. The second kappa shape index (κ2) is 10.9. The van der Waals surface area contributed by atoms with Crippen molar-refractivity contribution >= 4 is 27.7 Å². The largest absolute Gasteiger partial charge is 0.354 e. The van der Waals surface area contributed by atoms with Crippen LogP contribution in [0.5, 0.6) is 0 Å². The van der Waals surface area contributed by atoms with Crippen molar-refractivity contribution in [1.82, 2.24) is 14.5 Å². The highest BCUT2D eigenvalue weighted by Gasteiger charge is 2.28. The van der Waals surface area contributed by atoms with Gasteiger partial charge in [-0.05, 0) is 29.8 Å². The summed E-state index contributed by atoms with van der Waals surface area (Å²) in [5, 5.41) is 2.92. The van der Waals surface area contributed by atoms with E-state index in [-0.39, 0.29) is 10.8 Å². The van der Waals surface area contributed by atoms with Crippen LogP contribution in [-0.2, 0) is 20.6 Å². The van der Waals surface area contributed by atoms with E-state index in [0.717, 1.165) is 17.9 Å². The highest BCUT2D eigenvalue weighted by atomic mass is 32.2. The van der Waals surface area contributed by atoms with Gasteiger partial charge in [0.2, 0.25) is 15.9 Å². The Balaban J connectivity index is 1.34. The number of benzene rings is 2. The summed E-state index contributed by atoms with van der Waals surface area (Å²) in [5.41, 5.74) is 1.20. The van der Waals surface area contributed by atoms with E-state index in [2.05, 4.69) is 10.2 Å². The number of nitrogens with one attached hydrogen (secondary N) is 1. The van der Waals surface area contributed by atoms with Crippen LogP contribution in [0.15, 0.2) is 59.5 Å². The van der Waals surface area contributed by atoms with Gasteiger partial charge in [0, 0.05) is 45.0 Å². The summed E-state index contributed by atoms with van der Waals surface area (Å²) in [6, 6.07) is 14.9. The van der Waals surface area contributed by atoms with E-state index in [9.17, 15) is 17.6 Å². The first-order valence-corrected chi connectivity index (χ1v) is 12.4. The maximum Gasteiger partial charge on any atom is 0.243 e. The molecular formula is C21H26FN3O3S2.